The number of carbonyl (C=O) groups is 1. The molecule has 1 N–H and O–H groups in total. The maximum absolute atomic E-state index is 11.6. The van der Waals surface area contributed by atoms with Crippen LogP contribution in [-0.2, 0) is 6.42 Å². The number of ketones is 1. The third kappa shape index (κ3) is 5.74. The number of benzene rings is 2. The first-order valence-electron chi connectivity index (χ1n) is 9.29. The number of phenols is 1. The SMILES string of the molecule is CCCc1c(OCCCCOc2ccc(C#N)cc2Br)ccc(C(C)=O)c1O. The minimum atomic E-state index is -0.160. The van der Waals surface area contributed by atoms with Gasteiger partial charge >= 0.3 is 0 Å². The van der Waals surface area contributed by atoms with Gasteiger partial charge < -0.3 is 14.6 Å². The van der Waals surface area contributed by atoms with Crippen LogP contribution in [0.5, 0.6) is 17.2 Å². The molecule has 0 spiro atoms. The van der Waals surface area contributed by atoms with Crippen LogP contribution in [0.3, 0.4) is 0 Å². The highest BCUT2D eigenvalue weighted by Gasteiger charge is 2.15. The van der Waals surface area contributed by atoms with Crippen molar-refractivity contribution in [2.24, 2.45) is 0 Å². The number of nitrogens with zero attached hydrogens (tertiary/aromatic N) is 1. The van der Waals surface area contributed by atoms with E-state index in [-0.39, 0.29) is 11.5 Å². The predicted octanol–water partition coefficient (Wildman–Crippen LogP) is 5.42. The molecule has 0 saturated heterocycles. The van der Waals surface area contributed by atoms with E-state index in [4.69, 9.17) is 14.7 Å². The third-order valence-corrected chi connectivity index (χ3v) is 4.85. The average molecular weight is 446 g/mol. The summed E-state index contributed by atoms with van der Waals surface area (Å²) in [6.45, 7) is 4.48. The lowest BCUT2D eigenvalue weighted by molar-refractivity contribution is 0.101. The van der Waals surface area contributed by atoms with Crippen molar-refractivity contribution in [3.63, 3.8) is 0 Å². The van der Waals surface area contributed by atoms with Gasteiger partial charge in [0.15, 0.2) is 5.78 Å². The first kappa shape index (κ1) is 21.8. The molecule has 0 aromatic heterocycles. The van der Waals surface area contributed by atoms with Gasteiger partial charge in [0.2, 0.25) is 0 Å². The van der Waals surface area contributed by atoms with Gasteiger partial charge in [-0.1, -0.05) is 13.3 Å². The number of rotatable bonds is 10. The van der Waals surface area contributed by atoms with Crippen LogP contribution >= 0.6 is 15.9 Å². The summed E-state index contributed by atoms with van der Waals surface area (Å²) in [5.41, 5.74) is 1.60. The molecule has 2 rings (SSSR count). The second-order valence-electron chi connectivity index (χ2n) is 6.41. The summed E-state index contributed by atoms with van der Waals surface area (Å²) >= 11 is 3.40. The second-order valence-corrected chi connectivity index (χ2v) is 7.26. The lowest BCUT2D eigenvalue weighted by Crippen LogP contribution is -2.05. The van der Waals surface area contributed by atoms with Gasteiger partial charge in [0.1, 0.15) is 17.2 Å². The number of phenolic OH excluding ortho intramolecular Hbond substituents is 1. The molecule has 6 heteroatoms. The smallest absolute Gasteiger partial charge is 0.163 e. The standard InChI is InChI=1S/C22H24BrNO4/c1-3-6-18-20(10-8-17(15(2)25)22(18)26)27-11-4-5-12-28-21-9-7-16(14-24)13-19(21)23/h7-10,13,26H,3-6,11-12H2,1-2H3. The van der Waals surface area contributed by atoms with Gasteiger partial charge in [-0.15, -0.1) is 0 Å². The first-order chi connectivity index (χ1) is 13.5. The zero-order chi connectivity index (χ0) is 20.5. The van der Waals surface area contributed by atoms with Gasteiger partial charge in [-0.05, 0) is 72.4 Å². The molecule has 0 heterocycles. The number of unbranched alkanes of at least 4 members (excludes halogenated alkanes) is 1. The van der Waals surface area contributed by atoms with Crippen LogP contribution in [0.15, 0.2) is 34.8 Å². The number of aromatic hydroxyl groups is 1. The summed E-state index contributed by atoms with van der Waals surface area (Å²) in [7, 11) is 0. The number of Topliss-reactive ketones (excluding diaryl/α,β-unsaturated/α-hetero) is 1. The fraction of sp³-hybridized carbons (Fsp3) is 0.364. The molecular formula is C22H24BrNO4. The molecule has 0 radical (unpaired) electrons. The van der Waals surface area contributed by atoms with Crippen LogP contribution < -0.4 is 9.47 Å². The maximum Gasteiger partial charge on any atom is 0.163 e. The summed E-state index contributed by atoms with van der Waals surface area (Å²) in [6, 6.07) is 10.7. The van der Waals surface area contributed by atoms with Gasteiger partial charge in [0.25, 0.3) is 0 Å². The van der Waals surface area contributed by atoms with Crippen molar-refractivity contribution in [3.05, 3.63) is 51.5 Å². The lowest BCUT2D eigenvalue weighted by Gasteiger charge is -2.15. The number of halogens is 1. The molecule has 5 nitrogen and oxygen atoms in total. The largest absolute Gasteiger partial charge is 0.507 e. The fourth-order valence-corrected chi connectivity index (χ4v) is 3.28. The summed E-state index contributed by atoms with van der Waals surface area (Å²) in [5.74, 6) is 1.20. The monoisotopic (exact) mass is 445 g/mol. The van der Waals surface area contributed by atoms with E-state index in [0.717, 1.165) is 23.7 Å². The van der Waals surface area contributed by atoms with Crippen LogP contribution in [-0.4, -0.2) is 24.1 Å². The topological polar surface area (TPSA) is 79.5 Å². The van der Waals surface area contributed by atoms with E-state index in [9.17, 15) is 9.90 Å². The summed E-state index contributed by atoms with van der Waals surface area (Å²) in [4.78, 5) is 11.6. The van der Waals surface area contributed by atoms with Gasteiger partial charge in [-0.3, -0.25) is 4.79 Å². The Balaban J connectivity index is 1.84. The van der Waals surface area contributed by atoms with Gasteiger partial charge in [0.05, 0.1) is 34.9 Å². The van der Waals surface area contributed by atoms with E-state index in [1.54, 1.807) is 30.3 Å². The molecule has 0 amide bonds. The van der Waals surface area contributed by atoms with E-state index in [2.05, 4.69) is 22.0 Å². The molecule has 0 unspecified atom stereocenters. The molecule has 0 atom stereocenters. The Bertz CT molecular complexity index is 874. The Hall–Kier alpha value is -2.52. The highest BCUT2D eigenvalue weighted by atomic mass is 79.9. The Kier molecular flexibility index (Phi) is 8.34. The highest BCUT2D eigenvalue weighted by Crippen LogP contribution is 2.33. The average Bonchev–Trinajstić information content (AvgIpc) is 2.67. The lowest BCUT2D eigenvalue weighted by atomic mass is 10.0. The molecule has 0 aliphatic rings. The zero-order valence-electron chi connectivity index (χ0n) is 16.1. The van der Waals surface area contributed by atoms with E-state index in [1.807, 2.05) is 6.92 Å². The van der Waals surface area contributed by atoms with Crippen molar-refractivity contribution in [2.45, 2.75) is 39.5 Å². The summed E-state index contributed by atoms with van der Waals surface area (Å²) < 4.78 is 12.3. The maximum atomic E-state index is 11.6. The normalized spacial score (nSPS) is 10.4. The molecule has 28 heavy (non-hydrogen) atoms. The third-order valence-electron chi connectivity index (χ3n) is 4.23. The minimum absolute atomic E-state index is 0.0286. The van der Waals surface area contributed by atoms with E-state index in [0.29, 0.717) is 47.8 Å². The van der Waals surface area contributed by atoms with Crippen molar-refractivity contribution in [1.82, 2.24) is 0 Å². The molecule has 0 bridgehead atoms. The zero-order valence-corrected chi connectivity index (χ0v) is 17.7. The minimum Gasteiger partial charge on any atom is -0.507 e. The van der Waals surface area contributed by atoms with Crippen LogP contribution in [0.4, 0.5) is 0 Å². The highest BCUT2D eigenvalue weighted by molar-refractivity contribution is 9.10. The molecule has 0 fully saturated rings. The molecule has 2 aromatic carbocycles. The quantitative estimate of drug-likeness (QED) is 0.390. The summed E-state index contributed by atoms with van der Waals surface area (Å²) in [6.07, 6.45) is 3.08. The number of carbonyl (C=O) groups excluding carboxylic acids is 1. The van der Waals surface area contributed by atoms with Crippen LogP contribution in [0.25, 0.3) is 0 Å². The fourth-order valence-electron chi connectivity index (χ4n) is 2.78. The van der Waals surface area contributed by atoms with E-state index in [1.165, 1.54) is 6.92 Å². The summed E-state index contributed by atoms with van der Waals surface area (Å²) in [5, 5.41) is 19.2. The van der Waals surface area contributed by atoms with Gasteiger partial charge in [-0.25, -0.2) is 0 Å². The molecule has 148 valence electrons. The van der Waals surface area contributed by atoms with Crippen LogP contribution in [0.2, 0.25) is 0 Å². The number of hydrogen-bond donors (Lipinski definition) is 1. The van der Waals surface area contributed by atoms with Crippen molar-refractivity contribution < 1.29 is 19.4 Å². The van der Waals surface area contributed by atoms with Crippen LogP contribution in [0, 0.1) is 11.3 Å². The second kappa shape index (κ2) is 10.7. The molecule has 2 aromatic rings. The number of hydrogen-bond acceptors (Lipinski definition) is 5. The van der Waals surface area contributed by atoms with Crippen LogP contribution in [0.1, 0.15) is 54.6 Å². The molecule has 0 saturated carbocycles. The number of ether oxygens (including phenoxy) is 2. The molecule has 0 aliphatic carbocycles. The van der Waals surface area contributed by atoms with Crippen molar-refractivity contribution >= 4 is 21.7 Å². The van der Waals surface area contributed by atoms with Crippen molar-refractivity contribution in [3.8, 4) is 23.3 Å². The Morgan fingerprint density at radius 1 is 1.14 bits per heavy atom. The van der Waals surface area contributed by atoms with Crippen molar-refractivity contribution in [2.75, 3.05) is 13.2 Å². The van der Waals surface area contributed by atoms with E-state index >= 15 is 0 Å². The van der Waals surface area contributed by atoms with Gasteiger partial charge in [0, 0.05) is 5.56 Å². The molecular weight excluding hydrogens is 422 g/mol. The number of nitriles is 1. The molecule has 0 aliphatic heterocycles. The van der Waals surface area contributed by atoms with Gasteiger partial charge in [-0.2, -0.15) is 5.26 Å². The Morgan fingerprint density at radius 2 is 1.79 bits per heavy atom. The Labute approximate surface area is 174 Å². The van der Waals surface area contributed by atoms with E-state index < -0.39 is 0 Å². The predicted molar refractivity (Wildman–Crippen MR) is 111 cm³/mol. The Morgan fingerprint density at radius 3 is 2.36 bits per heavy atom. The van der Waals surface area contributed by atoms with Crippen molar-refractivity contribution in [1.29, 1.82) is 5.26 Å². The first-order valence-corrected chi connectivity index (χ1v) is 10.1.